The van der Waals surface area contributed by atoms with Crippen LogP contribution in [0.4, 0.5) is 5.69 Å². The number of carbonyl (C=O) groups is 1. The van der Waals surface area contributed by atoms with E-state index in [0.717, 1.165) is 28.6 Å². The fourth-order valence-electron chi connectivity index (χ4n) is 4.09. The predicted octanol–water partition coefficient (Wildman–Crippen LogP) is 2.65. The summed E-state index contributed by atoms with van der Waals surface area (Å²) >= 11 is 0. The highest BCUT2D eigenvalue weighted by Crippen LogP contribution is 2.43. The Kier molecular flexibility index (Phi) is 2.87. The van der Waals surface area contributed by atoms with Gasteiger partial charge in [-0.3, -0.25) is 4.79 Å². The number of anilines is 1. The Hall–Kier alpha value is -2.04. The second-order valence-corrected chi connectivity index (χ2v) is 6.42. The summed E-state index contributed by atoms with van der Waals surface area (Å²) in [4.78, 5) is 19.1. The first-order chi connectivity index (χ1) is 10.2. The maximum atomic E-state index is 11.7. The molecule has 3 fully saturated rings. The van der Waals surface area contributed by atoms with E-state index in [4.69, 9.17) is 5.73 Å². The van der Waals surface area contributed by atoms with Crippen LogP contribution in [0.3, 0.4) is 0 Å². The van der Waals surface area contributed by atoms with Crippen LogP contribution in [-0.2, 0) is 0 Å². The van der Waals surface area contributed by atoms with Crippen molar-refractivity contribution >= 4 is 22.6 Å². The van der Waals surface area contributed by atoms with E-state index in [1.54, 1.807) is 6.20 Å². The number of aromatic nitrogens is 2. The second kappa shape index (κ2) is 4.76. The first-order valence-corrected chi connectivity index (χ1v) is 7.75. The van der Waals surface area contributed by atoms with Gasteiger partial charge < -0.3 is 16.0 Å². The third kappa shape index (κ3) is 2.07. The van der Waals surface area contributed by atoms with Crippen molar-refractivity contribution in [2.24, 2.45) is 17.6 Å². The van der Waals surface area contributed by atoms with Crippen molar-refractivity contribution in [2.75, 3.05) is 5.32 Å². The van der Waals surface area contributed by atoms with Gasteiger partial charge in [-0.2, -0.15) is 0 Å². The van der Waals surface area contributed by atoms with Crippen LogP contribution in [-0.4, -0.2) is 21.9 Å². The van der Waals surface area contributed by atoms with Gasteiger partial charge in [0.25, 0.3) is 5.91 Å². The summed E-state index contributed by atoms with van der Waals surface area (Å²) in [5.41, 5.74) is 7.66. The van der Waals surface area contributed by atoms with Crippen LogP contribution in [0, 0.1) is 11.8 Å². The maximum absolute atomic E-state index is 11.7. The summed E-state index contributed by atoms with van der Waals surface area (Å²) in [6.07, 6.45) is 9.95. The molecule has 0 spiro atoms. The first-order valence-electron chi connectivity index (χ1n) is 7.75. The van der Waals surface area contributed by atoms with E-state index in [-0.39, 0.29) is 0 Å². The topological polar surface area (TPSA) is 83.8 Å². The van der Waals surface area contributed by atoms with Crippen LogP contribution in [0.2, 0.25) is 0 Å². The first kappa shape index (κ1) is 12.7. The Bertz CT molecular complexity index is 685. The van der Waals surface area contributed by atoms with Crippen molar-refractivity contribution in [3.05, 3.63) is 24.0 Å². The van der Waals surface area contributed by atoms with Crippen molar-refractivity contribution in [3.8, 4) is 0 Å². The number of rotatable bonds is 3. The van der Waals surface area contributed by atoms with E-state index >= 15 is 0 Å². The highest BCUT2D eigenvalue weighted by molar-refractivity contribution is 6.05. The third-order valence-corrected chi connectivity index (χ3v) is 5.23. The van der Waals surface area contributed by atoms with Gasteiger partial charge in [0.05, 0.1) is 11.3 Å². The molecular weight excluding hydrogens is 264 g/mol. The van der Waals surface area contributed by atoms with Gasteiger partial charge in [0, 0.05) is 23.8 Å². The number of H-pyrrole nitrogens is 1. The van der Waals surface area contributed by atoms with Crippen LogP contribution in [0.5, 0.6) is 0 Å². The summed E-state index contributed by atoms with van der Waals surface area (Å²) in [5, 5.41) is 4.58. The third-order valence-electron chi connectivity index (χ3n) is 5.23. The Balaban J connectivity index is 1.73. The van der Waals surface area contributed by atoms with E-state index in [2.05, 4.69) is 15.3 Å². The van der Waals surface area contributed by atoms with Gasteiger partial charge in [0.1, 0.15) is 5.65 Å². The van der Waals surface area contributed by atoms with Gasteiger partial charge in [-0.1, -0.05) is 12.8 Å². The number of amides is 1. The van der Waals surface area contributed by atoms with Crippen molar-refractivity contribution < 1.29 is 4.79 Å². The molecule has 2 heterocycles. The monoisotopic (exact) mass is 284 g/mol. The number of pyridine rings is 1. The quantitative estimate of drug-likeness (QED) is 0.810. The van der Waals surface area contributed by atoms with E-state index < -0.39 is 5.91 Å². The molecule has 0 unspecified atom stereocenters. The molecule has 1 amide bonds. The Morgan fingerprint density at radius 2 is 2.14 bits per heavy atom. The van der Waals surface area contributed by atoms with Gasteiger partial charge in [-0.25, -0.2) is 4.98 Å². The lowest BCUT2D eigenvalue weighted by Crippen LogP contribution is -2.40. The number of carbonyl (C=O) groups excluding carboxylic acids is 1. The Morgan fingerprint density at radius 1 is 1.33 bits per heavy atom. The Labute approximate surface area is 123 Å². The van der Waals surface area contributed by atoms with Gasteiger partial charge in [0.15, 0.2) is 0 Å². The number of hydrogen-bond acceptors (Lipinski definition) is 3. The molecular formula is C16H20N4O. The zero-order chi connectivity index (χ0) is 14.4. The fourth-order valence-corrected chi connectivity index (χ4v) is 4.09. The fraction of sp³-hybridized carbons (Fsp3) is 0.500. The molecule has 4 N–H and O–H groups in total. The molecule has 1 atom stereocenters. The predicted molar refractivity (Wildman–Crippen MR) is 82.1 cm³/mol. The smallest absolute Gasteiger partial charge is 0.252 e. The van der Waals surface area contributed by atoms with E-state index in [0.29, 0.717) is 11.6 Å². The molecule has 5 rings (SSSR count). The lowest BCUT2D eigenvalue weighted by atomic mass is 9.68. The standard InChI is InChI=1S/C16H20N4O/c17-15(21)12-8-19-16-11(5-6-18-16)14(12)20-13-7-9-1-3-10(13)4-2-9/h5-6,8-10,13H,1-4,7H2,(H2,17,21)(H2,18,19,20)/t9?,10?,13-/m0/s1. The molecule has 2 aromatic rings. The van der Waals surface area contributed by atoms with E-state index in [1.807, 2.05) is 12.3 Å². The normalized spacial score (nSPS) is 27.9. The summed E-state index contributed by atoms with van der Waals surface area (Å²) < 4.78 is 0. The number of aromatic amines is 1. The van der Waals surface area contributed by atoms with Crippen molar-refractivity contribution in [1.29, 1.82) is 0 Å². The maximum Gasteiger partial charge on any atom is 0.252 e. The molecule has 3 aliphatic carbocycles. The zero-order valence-electron chi connectivity index (χ0n) is 11.9. The van der Waals surface area contributed by atoms with E-state index in [9.17, 15) is 4.79 Å². The van der Waals surface area contributed by atoms with Gasteiger partial charge in [-0.05, 0) is 37.2 Å². The number of nitrogens with one attached hydrogen (secondary N) is 2. The number of primary amides is 1. The van der Waals surface area contributed by atoms with Gasteiger partial charge in [0.2, 0.25) is 0 Å². The number of nitrogens with two attached hydrogens (primary N) is 1. The second-order valence-electron chi connectivity index (χ2n) is 6.42. The van der Waals surface area contributed by atoms with Crippen LogP contribution in [0.1, 0.15) is 42.5 Å². The van der Waals surface area contributed by atoms with Crippen molar-refractivity contribution in [2.45, 2.75) is 38.1 Å². The zero-order valence-corrected chi connectivity index (χ0v) is 11.9. The highest BCUT2D eigenvalue weighted by Gasteiger charge is 2.36. The number of fused-ring (bicyclic) bond motifs is 4. The molecule has 3 aliphatic rings. The lowest BCUT2D eigenvalue weighted by molar-refractivity contribution is 0.100. The van der Waals surface area contributed by atoms with Crippen molar-refractivity contribution in [1.82, 2.24) is 9.97 Å². The van der Waals surface area contributed by atoms with Crippen LogP contribution >= 0.6 is 0 Å². The molecule has 5 heteroatoms. The SMILES string of the molecule is NC(=O)c1cnc2[nH]ccc2c1N[C@H]1CC2CCC1CC2. The van der Waals surface area contributed by atoms with Gasteiger partial charge >= 0.3 is 0 Å². The highest BCUT2D eigenvalue weighted by atomic mass is 16.1. The summed E-state index contributed by atoms with van der Waals surface area (Å²) in [7, 11) is 0. The minimum absolute atomic E-state index is 0.422. The molecule has 0 aromatic carbocycles. The molecule has 110 valence electrons. The minimum atomic E-state index is -0.422. The molecule has 21 heavy (non-hydrogen) atoms. The van der Waals surface area contributed by atoms with Gasteiger partial charge in [-0.15, -0.1) is 0 Å². The molecule has 0 aliphatic heterocycles. The summed E-state index contributed by atoms with van der Waals surface area (Å²) in [6, 6.07) is 2.41. The van der Waals surface area contributed by atoms with E-state index in [1.165, 1.54) is 32.1 Å². The summed E-state index contributed by atoms with van der Waals surface area (Å²) in [5.74, 6) is 1.14. The minimum Gasteiger partial charge on any atom is -0.381 e. The molecule has 2 aromatic heterocycles. The molecule has 0 saturated heterocycles. The summed E-state index contributed by atoms with van der Waals surface area (Å²) in [6.45, 7) is 0. The number of nitrogens with zero attached hydrogens (tertiary/aromatic N) is 1. The molecule has 3 saturated carbocycles. The molecule has 0 radical (unpaired) electrons. The largest absolute Gasteiger partial charge is 0.381 e. The lowest BCUT2D eigenvalue weighted by Gasteiger charge is -2.43. The number of hydrogen-bond donors (Lipinski definition) is 3. The molecule has 5 nitrogen and oxygen atoms in total. The van der Waals surface area contributed by atoms with Crippen LogP contribution in [0.15, 0.2) is 18.5 Å². The average molecular weight is 284 g/mol. The molecule has 2 bridgehead atoms. The van der Waals surface area contributed by atoms with Crippen molar-refractivity contribution in [3.63, 3.8) is 0 Å². The van der Waals surface area contributed by atoms with Crippen LogP contribution < -0.4 is 11.1 Å². The van der Waals surface area contributed by atoms with Crippen LogP contribution in [0.25, 0.3) is 11.0 Å². The average Bonchev–Trinajstić information content (AvgIpc) is 2.97. The Morgan fingerprint density at radius 3 is 2.81 bits per heavy atom.